The minimum Gasteiger partial charge on any atom is -0.0525 e. The summed E-state index contributed by atoms with van der Waals surface area (Å²) in [5.74, 6) is 4.73. The zero-order valence-corrected chi connectivity index (χ0v) is 11.1. The van der Waals surface area contributed by atoms with E-state index in [-0.39, 0.29) is 0 Å². The lowest BCUT2D eigenvalue weighted by Crippen LogP contribution is -2.26. The van der Waals surface area contributed by atoms with Crippen LogP contribution in [0, 0.1) is 34.5 Å². The fourth-order valence-corrected chi connectivity index (χ4v) is 8.06. The second-order valence-electron chi connectivity index (χ2n) is 8.19. The van der Waals surface area contributed by atoms with E-state index in [2.05, 4.69) is 0 Å². The smallest absolute Gasteiger partial charge is 0.0233 e. The fraction of sp³-hybridized carbons (Fsp3) is 1.00. The largest absolute Gasteiger partial charge is 0.0525 e. The van der Waals surface area contributed by atoms with Crippen LogP contribution in [0.2, 0.25) is 0 Å². The molecule has 0 nitrogen and oxygen atoms in total. The van der Waals surface area contributed by atoms with Crippen molar-refractivity contribution in [2.45, 2.75) is 70.6 Å². The van der Waals surface area contributed by atoms with Gasteiger partial charge in [0.1, 0.15) is 0 Å². The summed E-state index contributed by atoms with van der Waals surface area (Å²) in [6.45, 7) is 0. The van der Waals surface area contributed by atoms with Crippen LogP contribution >= 0.6 is 0 Å². The molecule has 17 heavy (non-hydrogen) atoms. The molecule has 94 valence electrons. The second-order valence-corrected chi connectivity index (χ2v) is 8.19. The van der Waals surface area contributed by atoms with Crippen LogP contribution in [0.15, 0.2) is 0 Å². The Morgan fingerprint density at radius 3 is 1.65 bits per heavy atom. The highest BCUT2D eigenvalue weighted by Crippen LogP contribution is 2.78. The average Bonchev–Trinajstić information content (AvgIpc) is 2.99. The molecule has 5 saturated carbocycles. The SMILES string of the molecule is C1CC2CCC3C4CCC5CCCC54CC23C1. The lowest BCUT2D eigenvalue weighted by molar-refractivity contribution is 0.148. The molecule has 5 fully saturated rings. The lowest BCUT2D eigenvalue weighted by atomic mass is 9.70. The van der Waals surface area contributed by atoms with Gasteiger partial charge in [-0.15, -0.1) is 0 Å². The average molecular weight is 230 g/mol. The van der Waals surface area contributed by atoms with Gasteiger partial charge in [0.05, 0.1) is 0 Å². The molecule has 0 heterocycles. The Hall–Kier alpha value is 0. The Balaban J connectivity index is 1.62. The van der Waals surface area contributed by atoms with Crippen LogP contribution in [-0.4, -0.2) is 0 Å². The highest BCUT2D eigenvalue weighted by Gasteiger charge is 2.69. The molecule has 0 saturated heterocycles. The summed E-state index contributed by atoms with van der Waals surface area (Å²) < 4.78 is 0. The van der Waals surface area contributed by atoms with Gasteiger partial charge in [-0.1, -0.05) is 12.8 Å². The van der Waals surface area contributed by atoms with Crippen LogP contribution in [-0.2, 0) is 0 Å². The molecule has 0 aliphatic heterocycles. The molecule has 5 rings (SSSR count). The third-order valence-electron chi connectivity index (χ3n) is 8.29. The lowest BCUT2D eigenvalue weighted by Gasteiger charge is -2.34. The summed E-state index contributed by atoms with van der Waals surface area (Å²) in [7, 11) is 0. The number of hydrogen-bond acceptors (Lipinski definition) is 0. The highest BCUT2D eigenvalue weighted by molar-refractivity contribution is 5.19. The summed E-state index contributed by atoms with van der Waals surface area (Å²) in [5.41, 5.74) is 1.79. The Morgan fingerprint density at radius 1 is 0.588 bits per heavy atom. The standard InChI is InChI=1S/C17H26/c1-3-12-5-7-14-15-8-6-13-4-2-10-17(13,15)11-16(12,14)9-1/h12-15H,1-11H2. The van der Waals surface area contributed by atoms with Gasteiger partial charge in [0.15, 0.2) is 0 Å². The van der Waals surface area contributed by atoms with Gasteiger partial charge in [0.2, 0.25) is 0 Å². The summed E-state index contributed by atoms with van der Waals surface area (Å²) in [6, 6.07) is 0. The molecule has 0 aromatic carbocycles. The number of fused-ring (bicyclic) bond motifs is 1. The zero-order chi connectivity index (χ0) is 11.1. The molecule has 0 aromatic rings. The summed E-state index contributed by atoms with van der Waals surface area (Å²) in [4.78, 5) is 0. The maximum Gasteiger partial charge on any atom is -0.0233 e. The highest BCUT2D eigenvalue weighted by atomic mass is 14.7. The van der Waals surface area contributed by atoms with Gasteiger partial charge in [0.25, 0.3) is 0 Å². The minimum absolute atomic E-state index is 0.897. The molecule has 5 aliphatic rings. The van der Waals surface area contributed by atoms with Crippen molar-refractivity contribution in [3.63, 3.8) is 0 Å². The third kappa shape index (κ3) is 0.932. The molecule has 0 amide bonds. The minimum atomic E-state index is 0.897. The van der Waals surface area contributed by atoms with Crippen LogP contribution in [0.1, 0.15) is 70.6 Å². The van der Waals surface area contributed by atoms with E-state index in [0.29, 0.717) is 0 Å². The van der Waals surface area contributed by atoms with Crippen molar-refractivity contribution >= 4 is 0 Å². The van der Waals surface area contributed by atoms with E-state index in [0.717, 1.165) is 10.8 Å². The van der Waals surface area contributed by atoms with E-state index in [1.54, 1.807) is 70.6 Å². The first-order valence-corrected chi connectivity index (χ1v) is 8.35. The van der Waals surface area contributed by atoms with Gasteiger partial charge in [-0.3, -0.25) is 0 Å². The quantitative estimate of drug-likeness (QED) is 0.561. The van der Waals surface area contributed by atoms with Crippen LogP contribution in [0.5, 0.6) is 0 Å². The molecule has 0 aromatic heterocycles. The van der Waals surface area contributed by atoms with Crippen molar-refractivity contribution in [2.75, 3.05) is 0 Å². The maximum absolute atomic E-state index is 1.70. The number of rotatable bonds is 0. The number of hydrogen-bond donors (Lipinski definition) is 0. The topological polar surface area (TPSA) is 0 Å². The molecular formula is C17H26. The Bertz CT molecular complexity index is 325. The predicted octanol–water partition coefficient (Wildman–Crippen LogP) is 4.78. The summed E-state index contributed by atoms with van der Waals surface area (Å²) in [5, 5.41) is 0. The molecule has 5 aliphatic carbocycles. The molecule has 0 heteroatoms. The summed E-state index contributed by atoms with van der Waals surface area (Å²) in [6.07, 6.45) is 17.8. The molecule has 0 N–H and O–H groups in total. The zero-order valence-electron chi connectivity index (χ0n) is 11.1. The Morgan fingerprint density at radius 2 is 1.12 bits per heavy atom. The maximum atomic E-state index is 1.70. The molecule has 0 bridgehead atoms. The molecule has 0 radical (unpaired) electrons. The van der Waals surface area contributed by atoms with E-state index in [4.69, 9.17) is 0 Å². The van der Waals surface area contributed by atoms with Crippen molar-refractivity contribution in [1.29, 1.82) is 0 Å². The molecule has 6 atom stereocenters. The van der Waals surface area contributed by atoms with Crippen molar-refractivity contribution < 1.29 is 0 Å². The van der Waals surface area contributed by atoms with Gasteiger partial charge in [-0.05, 0) is 92.3 Å². The first-order valence-electron chi connectivity index (χ1n) is 8.35. The predicted molar refractivity (Wildman–Crippen MR) is 69.6 cm³/mol. The van der Waals surface area contributed by atoms with Crippen molar-refractivity contribution in [2.24, 2.45) is 34.5 Å². The second kappa shape index (κ2) is 2.94. The van der Waals surface area contributed by atoms with Gasteiger partial charge in [0, 0.05) is 0 Å². The molecule has 2 spiro atoms. The van der Waals surface area contributed by atoms with Crippen LogP contribution in [0.4, 0.5) is 0 Å². The Kier molecular flexibility index (Phi) is 1.71. The normalized spacial score (nSPS) is 63.5. The first-order chi connectivity index (χ1) is 8.35. The van der Waals surface area contributed by atoms with Gasteiger partial charge in [-0.25, -0.2) is 0 Å². The van der Waals surface area contributed by atoms with Crippen LogP contribution in [0.25, 0.3) is 0 Å². The summed E-state index contributed by atoms with van der Waals surface area (Å²) >= 11 is 0. The van der Waals surface area contributed by atoms with Crippen molar-refractivity contribution in [1.82, 2.24) is 0 Å². The Labute approximate surface area is 106 Å². The van der Waals surface area contributed by atoms with Crippen molar-refractivity contribution in [3.05, 3.63) is 0 Å². The molecule has 6 unspecified atom stereocenters. The first kappa shape index (κ1) is 9.87. The van der Waals surface area contributed by atoms with Crippen LogP contribution < -0.4 is 0 Å². The molecular weight excluding hydrogens is 204 g/mol. The van der Waals surface area contributed by atoms with Gasteiger partial charge in [-0.2, -0.15) is 0 Å². The van der Waals surface area contributed by atoms with E-state index in [9.17, 15) is 0 Å². The third-order valence-corrected chi connectivity index (χ3v) is 8.29. The van der Waals surface area contributed by atoms with E-state index in [1.807, 2.05) is 0 Å². The van der Waals surface area contributed by atoms with Gasteiger partial charge < -0.3 is 0 Å². The fourth-order valence-electron chi connectivity index (χ4n) is 8.06. The van der Waals surface area contributed by atoms with Crippen LogP contribution in [0.3, 0.4) is 0 Å². The van der Waals surface area contributed by atoms with Gasteiger partial charge >= 0.3 is 0 Å². The van der Waals surface area contributed by atoms with E-state index >= 15 is 0 Å². The van der Waals surface area contributed by atoms with Crippen molar-refractivity contribution in [3.8, 4) is 0 Å². The van der Waals surface area contributed by atoms with E-state index < -0.39 is 0 Å². The monoisotopic (exact) mass is 230 g/mol. The van der Waals surface area contributed by atoms with E-state index in [1.165, 1.54) is 23.7 Å².